The van der Waals surface area contributed by atoms with Crippen molar-refractivity contribution >= 4 is 5.91 Å². The molecule has 4 nitrogen and oxygen atoms in total. The Morgan fingerprint density at radius 1 is 1.21 bits per heavy atom. The van der Waals surface area contributed by atoms with Gasteiger partial charge in [-0.05, 0) is 30.2 Å². The smallest absolute Gasteiger partial charge is 0.270 e. The Balaban J connectivity index is 0.000000861. The van der Waals surface area contributed by atoms with Crippen LogP contribution in [0.25, 0.3) is 0 Å². The van der Waals surface area contributed by atoms with Gasteiger partial charge >= 0.3 is 0 Å². The second kappa shape index (κ2) is 7.97. The van der Waals surface area contributed by atoms with E-state index in [2.05, 4.69) is 15.3 Å². The van der Waals surface area contributed by atoms with Crippen LogP contribution in [0.1, 0.15) is 35.5 Å². The molecule has 1 amide bonds. The highest BCUT2D eigenvalue weighted by Crippen LogP contribution is 2.03. The predicted molar refractivity (Wildman–Crippen MR) is 75.7 cm³/mol. The van der Waals surface area contributed by atoms with E-state index < -0.39 is 0 Å². The van der Waals surface area contributed by atoms with Gasteiger partial charge in [0.05, 0.1) is 0 Å². The lowest BCUT2D eigenvalue weighted by molar-refractivity contribution is 0.0945. The van der Waals surface area contributed by atoms with Gasteiger partial charge in [-0.2, -0.15) is 0 Å². The van der Waals surface area contributed by atoms with Gasteiger partial charge in [-0.15, -0.1) is 0 Å². The van der Waals surface area contributed by atoms with E-state index in [-0.39, 0.29) is 5.91 Å². The first-order chi connectivity index (χ1) is 9.27. The molecule has 2 aromatic heterocycles. The molecule has 0 aromatic carbocycles. The fraction of sp³-hybridized carbons (Fsp3) is 0.267. The van der Waals surface area contributed by atoms with Crippen molar-refractivity contribution in [2.24, 2.45) is 0 Å². The molecule has 2 heterocycles. The predicted octanol–water partition coefficient (Wildman–Crippen LogP) is 2.74. The summed E-state index contributed by atoms with van der Waals surface area (Å²) in [4.78, 5) is 19.9. The van der Waals surface area contributed by atoms with E-state index in [0.717, 1.165) is 11.1 Å². The molecule has 2 aromatic rings. The minimum atomic E-state index is -0.160. The number of carbonyl (C=O) groups excluding carboxylic acids is 1. The number of nitrogens with zero attached hydrogens (tertiary/aromatic N) is 2. The van der Waals surface area contributed by atoms with Crippen molar-refractivity contribution in [2.45, 2.75) is 27.3 Å². The number of nitrogens with one attached hydrogen (secondary N) is 1. The average molecular weight is 257 g/mol. The molecule has 0 saturated carbocycles. The van der Waals surface area contributed by atoms with Crippen molar-refractivity contribution in [1.29, 1.82) is 0 Å². The molecule has 0 bridgehead atoms. The summed E-state index contributed by atoms with van der Waals surface area (Å²) >= 11 is 0. The number of aromatic nitrogens is 2. The molecule has 4 heteroatoms. The SMILES string of the molecule is CC.Cc1cccnc1C(=O)NCc1cccnc1. The number of hydrogen-bond acceptors (Lipinski definition) is 3. The van der Waals surface area contributed by atoms with Gasteiger partial charge in [-0.25, -0.2) is 0 Å². The summed E-state index contributed by atoms with van der Waals surface area (Å²) in [6.07, 6.45) is 5.05. The lowest BCUT2D eigenvalue weighted by atomic mass is 10.2. The molecule has 0 atom stereocenters. The number of hydrogen-bond donors (Lipinski definition) is 1. The Kier molecular flexibility index (Phi) is 6.22. The number of aryl methyl sites for hydroxylation is 1. The van der Waals surface area contributed by atoms with Crippen LogP contribution in [0.15, 0.2) is 42.9 Å². The topological polar surface area (TPSA) is 54.9 Å². The van der Waals surface area contributed by atoms with E-state index in [9.17, 15) is 4.79 Å². The van der Waals surface area contributed by atoms with E-state index in [4.69, 9.17) is 0 Å². The van der Waals surface area contributed by atoms with Gasteiger partial charge in [0.25, 0.3) is 5.91 Å². The van der Waals surface area contributed by atoms with Crippen molar-refractivity contribution in [3.63, 3.8) is 0 Å². The van der Waals surface area contributed by atoms with Gasteiger partial charge in [-0.1, -0.05) is 26.0 Å². The molecule has 0 saturated heterocycles. The molecule has 19 heavy (non-hydrogen) atoms. The molecule has 0 unspecified atom stereocenters. The molecule has 0 fully saturated rings. The quantitative estimate of drug-likeness (QED) is 0.919. The van der Waals surface area contributed by atoms with Crippen molar-refractivity contribution < 1.29 is 4.79 Å². The second-order valence-corrected chi connectivity index (χ2v) is 3.71. The van der Waals surface area contributed by atoms with Gasteiger partial charge in [0.1, 0.15) is 5.69 Å². The summed E-state index contributed by atoms with van der Waals surface area (Å²) in [6.45, 7) is 6.33. The number of amides is 1. The first-order valence-corrected chi connectivity index (χ1v) is 6.36. The summed E-state index contributed by atoms with van der Waals surface area (Å²) in [5.41, 5.74) is 2.31. The number of rotatable bonds is 3. The fourth-order valence-corrected chi connectivity index (χ4v) is 1.49. The molecular formula is C15H19N3O. The summed E-state index contributed by atoms with van der Waals surface area (Å²) in [5, 5.41) is 2.81. The lowest BCUT2D eigenvalue weighted by Crippen LogP contribution is -2.24. The first kappa shape index (κ1) is 14.8. The zero-order valence-corrected chi connectivity index (χ0v) is 11.6. The maximum absolute atomic E-state index is 11.8. The van der Waals surface area contributed by atoms with Crippen molar-refractivity contribution in [2.75, 3.05) is 0 Å². The Hall–Kier alpha value is -2.23. The zero-order valence-electron chi connectivity index (χ0n) is 11.6. The maximum Gasteiger partial charge on any atom is 0.270 e. The van der Waals surface area contributed by atoms with Crippen LogP contribution in [-0.4, -0.2) is 15.9 Å². The average Bonchev–Trinajstić information content (AvgIpc) is 2.48. The standard InChI is InChI=1S/C13H13N3O.C2H6/c1-10-4-2-7-15-12(10)13(17)16-9-11-5-3-6-14-8-11;1-2/h2-8H,9H2,1H3,(H,16,17);1-2H3. The van der Waals surface area contributed by atoms with E-state index in [1.54, 1.807) is 18.6 Å². The third kappa shape index (κ3) is 4.50. The molecule has 0 radical (unpaired) electrons. The molecule has 0 aliphatic rings. The van der Waals surface area contributed by atoms with Crippen LogP contribution in [0, 0.1) is 6.92 Å². The molecule has 2 rings (SSSR count). The maximum atomic E-state index is 11.8. The highest BCUT2D eigenvalue weighted by atomic mass is 16.1. The molecule has 0 aliphatic heterocycles. The van der Waals surface area contributed by atoms with Crippen LogP contribution in [0.3, 0.4) is 0 Å². The Morgan fingerprint density at radius 3 is 2.58 bits per heavy atom. The monoisotopic (exact) mass is 257 g/mol. The Bertz CT molecular complexity index is 512. The van der Waals surface area contributed by atoms with Crippen LogP contribution < -0.4 is 5.32 Å². The van der Waals surface area contributed by atoms with Crippen molar-refractivity contribution in [3.8, 4) is 0 Å². The molecule has 100 valence electrons. The zero-order chi connectivity index (χ0) is 14.1. The highest BCUT2D eigenvalue weighted by Gasteiger charge is 2.08. The van der Waals surface area contributed by atoms with Crippen molar-refractivity contribution in [1.82, 2.24) is 15.3 Å². The summed E-state index contributed by atoms with van der Waals surface area (Å²) in [5.74, 6) is -0.160. The summed E-state index contributed by atoms with van der Waals surface area (Å²) < 4.78 is 0. The van der Waals surface area contributed by atoms with Gasteiger partial charge in [-0.3, -0.25) is 14.8 Å². The largest absolute Gasteiger partial charge is 0.347 e. The molecule has 0 aliphatic carbocycles. The molecule has 1 N–H and O–H groups in total. The molecular weight excluding hydrogens is 238 g/mol. The third-order valence-electron chi connectivity index (χ3n) is 2.40. The van der Waals surface area contributed by atoms with Crippen LogP contribution in [0.4, 0.5) is 0 Å². The Labute approximate surface area is 113 Å². The van der Waals surface area contributed by atoms with Gasteiger partial charge in [0.15, 0.2) is 0 Å². The van der Waals surface area contributed by atoms with E-state index >= 15 is 0 Å². The summed E-state index contributed by atoms with van der Waals surface area (Å²) in [7, 11) is 0. The number of pyridine rings is 2. The van der Waals surface area contributed by atoms with E-state index in [1.165, 1.54) is 0 Å². The third-order valence-corrected chi connectivity index (χ3v) is 2.40. The summed E-state index contributed by atoms with van der Waals surface area (Å²) in [6, 6.07) is 7.44. The van der Waals surface area contributed by atoms with Crippen LogP contribution in [0.2, 0.25) is 0 Å². The fourth-order valence-electron chi connectivity index (χ4n) is 1.49. The number of carbonyl (C=O) groups is 1. The van der Waals surface area contributed by atoms with Crippen LogP contribution in [-0.2, 0) is 6.54 Å². The normalized spacial score (nSPS) is 9.21. The highest BCUT2D eigenvalue weighted by molar-refractivity contribution is 5.93. The Morgan fingerprint density at radius 2 is 1.95 bits per heavy atom. The minimum Gasteiger partial charge on any atom is -0.347 e. The van der Waals surface area contributed by atoms with E-state index in [1.807, 2.05) is 45.0 Å². The lowest BCUT2D eigenvalue weighted by Gasteiger charge is -2.06. The van der Waals surface area contributed by atoms with E-state index in [0.29, 0.717) is 12.2 Å². The van der Waals surface area contributed by atoms with Crippen molar-refractivity contribution in [3.05, 3.63) is 59.7 Å². The van der Waals surface area contributed by atoms with Crippen LogP contribution >= 0.6 is 0 Å². The van der Waals surface area contributed by atoms with Gasteiger partial charge < -0.3 is 5.32 Å². The first-order valence-electron chi connectivity index (χ1n) is 6.36. The van der Waals surface area contributed by atoms with Gasteiger partial charge in [0.2, 0.25) is 0 Å². The second-order valence-electron chi connectivity index (χ2n) is 3.71. The minimum absolute atomic E-state index is 0.160. The van der Waals surface area contributed by atoms with Gasteiger partial charge in [0, 0.05) is 25.1 Å². The van der Waals surface area contributed by atoms with Crippen LogP contribution in [0.5, 0.6) is 0 Å². The molecule has 0 spiro atoms.